The average Bonchev–Trinajstić information content (AvgIpc) is 2.72. The molecule has 0 amide bonds. The first-order valence-corrected chi connectivity index (χ1v) is 5.84. The van der Waals surface area contributed by atoms with Gasteiger partial charge in [-0.2, -0.15) is 9.37 Å². The maximum Gasteiger partial charge on any atom is 0.351 e. The predicted molar refractivity (Wildman–Crippen MR) is 62.7 cm³/mol. The molecule has 0 radical (unpaired) electrons. The fourth-order valence-electron chi connectivity index (χ4n) is 1.09. The van der Waals surface area contributed by atoms with Crippen LogP contribution in [0.15, 0.2) is 18.3 Å². The van der Waals surface area contributed by atoms with Crippen LogP contribution in [0.5, 0.6) is 10.9 Å². The van der Waals surface area contributed by atoms with Gasteiger partial charge >= 0.3 is 5.97 Å². The van der Waals surface area contributed by atoms with Crippen LogP contribution in [0, 0.1) is 5.95 Å². The molecule has 0 aliphatic rings. The van der Waals surface area contributed by atoms with E-state index in [-0.39, 0.29) is 21.0 Å². The predicted octanol–water partition coefficient (Wildman–Crippen LogP) is 2.91. The van der Waals surface area contributed by atoms with Crippen molar-refractivity contribution < 1.29 is 18.7 Å². The quantitative estimate of drug-likeness (QED) is 0.642. The summed E-state index contributed by atoms with van der Waals surface area (Å²) in [6, 6.07) is 2.89. The summed E-state index contributed by atoms with van der Waals surface area (Å²) < 4.78 is 22.9. The molecule has 0 atom stereocenters. The van der Waals surface area contributed by atoms with E-state index >= 15 is 0 Å². The van der Waals surface area contributed by atoms with E-state index in [9.17, 15) is 9.18 Å². The van der Waals surface area contributed by atoms with E-state index in [0.717, 1.165) is 11.3 Å². The number of rotatable bonds is 3. The molecule has 2 aromatic rings. The Morgan fingerprint density at radius 2 is 2.33 bits per heavy atom. The van der Waals surface area contributed by atoms with Gasteiger partial charge in [-0.1, -0.05) is 22.9 Å². The summed E-state index contributed by atoms with van der Waals surface area (Å²) in [5, 5.41) is -0.0153. The fourth-order valence-corrected chi connectivity index (χ4v) is 2.15. The van der Waals surface area contributed by atoms with Gasteiger partial charge < -0.3 is 9.47 Å². The molecule has 0 unspecified atom stereocenters. The largest absolute Gasteiger partial charge is 0.465 e. The molecule has 0 bridgehead atoms. The number of methoxy groups -OCH3 is 1. The Morgan fingerprint density at radius 3 is 3.00 bits per heavy atom. The maximum atomic E-state index is 13.2. The van der Waals surface area contributed by atoms with Crippen molar-refractivity contribution in [3.05, 3.63) is 34.3 Å². The van der Waals surface area contributed by atoms with Crippen LogP contribution in [-0.4, -0.2) is 23.0 Å². The highest BCUT2D eigenvalue weighted by molar-refractivity contribution is 7.15. The number of carbonyl (C=O) groups excluding carboxylic acids is 1. The molecular formula is C10H6ClFN2O3S. The highest BCUT2D eigenvalue weighted by Crippen LogP contribution is 2.32. The number of carbonyl (C=O) groups is 1. The molecule has 0 aromatic carbocycles. The van der Waals surface area contributed by atoms with Crippen molar-refractivity contribution in [3.63, 3.8) is 0 Å². The normalized spacial score (nSPS) is 10.2. The van der Waals surface area contributed by atoms with E-state index < -0.39 is 11.9 Å². The van der Waals surface area contributed by atoms with E-state index in [0.29, 0.717) is 0 Å². The van der Waals surface area contributed by atoms with Gasteiger partial charge in [0.2, 0.25) is 0 Å². The number of aromatic nitrogens is 2. The van der Waals surface area contributed by atoms with Gasteiger partial charge in [0.15, 0.2) is 15.8 Å². The zero-order valence-corrected chi connectivity index (χ0v) is 10.6. The van der Waals surface area contributed by atoms with Crippen molar-refractivity contribution in [1.82, 2.24) is 9.97 Å². The van der Waals surface area contributed by atoms with Gasteiger partial charge in [-0.15, -0.1) is 0 Å². The van der Waals surface area contributed by atoms with Gasteiger partial charge in [0.1, 0.15) is 0 Å². The van der Waals surface area contributed by atoms with Gasteiger partial charge in [-0.25, -0.2) is 9.78 Å². The van der Waals surface area contributed by atoms with E-state index in [1.165, 1.54) is 25.4 Å². The number of thiazole rings is 1. The molecule has 2 rings (SSSR count). The smallest absolute Gasteiger partial charge is 0.351 e. The SMILES string of the molecule is COC(=O)c1sc(Oc2cccnc2F)nc1Cl. The molecular weight excluding hydrogens is 283 g/mol. The molecule has 2 aromatic heterocycles. The number of nitrogens with zero attached hydrogens (tertiary/aromatic N) is 2. The van der Waals surface area contributed by atoms with Crippen molar-refractivity contribution >= 4 is 28.9 Å². The summed E-state index contributed by atoms with van der Waals surface area (Å²) in [6.45, 7) is 0. The topological polar surface area (TPSA) is 61.3 Å². The number of hydrogen-bond donors (Lipinski definition) is 0. The van der Waals surface area contributed by atoms with Crippen molar-refractivity contribution in [2.75, 3.05) is 7.11 Å². The zero-order valence-electron chi connectivity index (χ0n) is 9.02. The molecule has 0 saturated carbocycles. The number of halogens is 2. The minimum atomic E-state index is -0.775. The average molecular weight is 289 g/mol. The summed E-state index contributed by atoms with van der Waals surface area (Å²) in [6.07, 6.45) is 1.29. The number of ether oxygens (including phenoxy) is 2. The Bertz CT molecular complexity index is 590. The molecule has 0 fully saturated rings. The van der Waals surface area contributed by atoms with Crippen LogP contribution in [0.3, 0.4) is 0 Å². The second-order valence-electron chi connectivity index (χ2n) is 2.99. The van der Waals surface area contributed by atoms with Crippen molar-refractivity contribution in [1.29, 1.82) is 0 Å². The van der Waals surface area contributed by atoms with E-state index in [2.05, 4.69) is 14.7 Å². The van der Waals surface area contributed by atoms with Crippen LogP contribution >= 0.6 is 22.9 Å². The van der Waals surface area contributed by atoms with Gasteiger partial charge in [-0.3, -0.25) is 0 Å². The third-order valence-electron chi connectivity index (χ3n) is 1.86. The second-order valence-corrected chi connectivity index (χ2v) is 4.31. The number of hydrogen-bond acceptors (Lipinski definition) is 6. The summed E-state index contributed by atoms with van der Waals surface area (Å²) in [5.41, 5.74) is 0. The van der Waals surface area contributed by atoms with E-state index in [1.54, 1.807) is 0 Å². The Morgan fingerprint density at radius 1 is 1.56 bits per heavy atom. The Hall–Kier alpha value is -1.73. The lowest BCUT2D eigenvalue weighted by Gasteiger charge is -2.00. The Kier molecular flexibility index (Phi) is 3.73. The molecule has 0 aliphatic heterocycles. The third kappa shape index (κ3) is 2.57. The summed E-state index contributed by atoms with van der Waals surface area (Å²) in [4.78, 5) is 18.6. The first kappa shape index (κ1) is 12.7. The summed E-state index contributed by atoms with van der Waals surface area (Å²) in [7, 11) is 1.22. The monoisotopic (exact) mass is 288 g/mol. The molecule has 18 heavy (non-hydrogen) atoms. The zero-order chi connectivity index (χ0) is 13.1. The van der Waals surface area contributed by atoms with E-state index in [1.807, 2.05) is 0 Å². The molecule has 0 N–H and O–H groups in total. The van der Waals surface area contributed by atoms with Crippen LogP contribution in [0.2, 0.25) is 5.15 Å². The lowest BCUT2D eigenvalue weighted by Crippen LogP contribution is -1.98. The molecule has 0 saturated heterocycles. The van der Waals surface area contributed by atoms with Gasteiger partial charge in [0, 0.05) is 6.20 Å². The number of pyridine rings is 1. The lowest BCUT2D eigenvalue weighted by atomic mass is 10.4. The van der Waals surface area contributed by atoms with Gasteiger partial charge in [0.05, 0.1) is 7.11 Å². The van der Waals surface area contributed by atoms with Crippen LogP contribution in [0.25, 0.3) is 0 Å². The van der Waals surface area contributed by atoms with Crippen molar-refractivity contribution in [2.45, 2.75) is 0 Å². The third-order valence-corrected chi connectivity index (χ3v) is 3.16. The van der Waals surface area contributed by atoms with Gasteiger partial charge in [-0.05, 0) is 12.1 Å². The molecule has 0 aliphatic carbocycles. The Labute approximate surface area is 110 Å². The first-order chi connectivity index (χ1) is 8.61. The van der Waals surface area contributed by atoms with Crippen LogP contribution in [-0.2, 0) is 4.74 Å². The molecule has 8 heteroatoms. The van der Waals surface area contributed by atoms with Gasteiger partial charge in [0.25, 0.3) is 11.1 Å². The molecule has 2 heterocycles. The second kappa shape index (κ2) is 5.28. The van der Waals surface area contributed by atoms with Crippen LogP contribution in [0.1, 0.15) is 9.67 Å². The summed E-state index contributed by atoms with van der Waals surface area (Å²) in [5.74, 6) is -1.50. The highest BCUT2D eigenvalue weighted by Gasteiger charge is 2.19. The molecule has 5 nitrogen and oxygen atoms in total. The van der Waals surface area contributed by atoms with E-state index in [4.69, 9.17) is 16.3 Å². The minimum Gasteiger partial charge on any atom is -0.465 e. The van der Waals surface area contributed by atoms with Crippen LogP contribution in [0.4, 0.5) is 4.39 Å². The fraction of sp³-hybridized carbons (Fsp3) is 0.100. The highest BCUT2D eigenvalue weighted by atomic mass is 35.5. The lowest BCUT2D eigenvalue weighted by molar-refractivity contribution is 0.0606. The maximum absolute atomic E-state index is 13.2. The van der Waals surface area contributed by atoms with Crippen molar-refractivity contribution in [2.24, 2.45) is 0 Å². The first-order valence-electron chi connectivity index (χ1n) is 4.65. The number of esters is 1. The van der Waals surface area contributed by atoms with Crippen LogP contribution < -0.4 is 4.74 Å². The van der Waals surface area contributed by atoms with Crippen molar-refractivity contribution in [3.8, 4) is 10.9 Å². The standard InChI is InChI=1S/C10H6ClFN2O3S/c1-16-9(15)6-7(11)14-10(18-6)17-5-3-2-4-13-8(5)12/h2-4H,1H3. The minimum absolute atomic E-state index is 0.0345. The summed E-state index contributed by atoms with van der Waals surface area (Å²) >= 11 is 6.60. The molecule has 94 valence electrons. The Balaban J connectivity index is 2.26. The molecule has 0 spiro atoms.